The van der Waals surface area contributed by atoms with E-state index in [0.29, 0.717) is 24.5 Å². The smallest absolute Gasteiger partial charge is 0.244 e. The van der Waals surface area contributed by atoms with Crippen LogP contribution >= 0.6 is 0 Å². The van der Waals surface area contributed by atoms with Gasteiger partial charge in [0.2, 0.25) is 16.4 Å². The molecule has 0 amide bonds. The van der Waals surface area contributed by atoms with E-state index in [4.69, 9.17) is 0 Å². The fourth-order valence-electron chi connectivity index (χ4n) is 2.01. The summed E-state index contributed by atoms with van der Waals surface area (Å²) in [6, 6.07) is 0. The van der Waals surface area contributed by atoms with E-state index in [-0.39, 0.29) is 17.3 Å². The topological polar surface area (TPSA) is 115 Å². The molecule has 2 N–H and O–H groups in total. The minimum Gasteiger partial charge on any atom is -0.343 e. The molecule has 2 rings (SSSR count). The Kier molecular flexibility index (Phi) is 4.70. The summed E-state index contributed by atoms with van der Waals surface area (Å²) in [5.74, 6) is 0.274. The van der Waals surface area contributed by atoms with E-state index in [2.05, 4.69) is 29.8 Å². The Balaban J connectivity index is 2.21. The largest absolute Gasteiger partial charge is 0.343 e. The Morgan fingerprint density at radius 2 is 2.14 bits per heavy atom. The van der Waals surface area contributed by atoms with Crippen LogP contribution in [0.5, 0.6) is 0 Å². The van der Waals surface area contributed by atoms with Crippen LogP contribution in [-0.2, 0) is 23.1 Å². The molecule has 2 aromatic heterocycles. The van der Waals surface area contributed by atoms with Crippen molar-refractivity contribution in [3.8, 4) is 0 Å². The summed E-state index contributed by atoms with van der Waals surface area (Å²) in [4.78, 5) is 3.97. The molecule has 0 atom stereocenters. The molecule has 0 spiro atoms. The summed E-state index contributed by atoms with van der Waals surface area (Å²) in [5.41, 5.74) is 1.06. The second kappa shape index (κ2) is 6.33. The lowest BCUT2D eigenvalue weighted by Gasteiger charge is -2.06. The molecule has 21 heavy (non-hydrogen) atoms. The van der Waals surface area contributed by atoms with Gasteiger partial charge in [-0.25, -0.2) is 13.1 Å². The lowest BCUT2D eigenvalue weighted by atomic mass is 10.4. The zero-order valence-corrected chi connectivity index (χ0v) is 12.9. The average Bonchev–Trinajstić information content (AvgIpc) is 3.03. The number of aromatic nitrogens is 4. The lowest BCUT2D eigenvalue weighted by molar-refractivity contribution is 0.409. The van der Waals surface area contributed by atoms with Crippen LogP contribution in [0, 0.1) is 13.8 Å². The SMILES string of the molecule is CNCCn1nc(C)c(S(=O)(=O)NCc2ncon2)c1C. The van der Waals surface area contributed by atoms with Crippen molar-refractivity contribution < 1.29 is 12.9 Å². The van der Waals surface area contributed by atoms with Crippen molar-refractivity contribution >= 4 is 10.0 Å². The first kappa shape index (κ1) is 15.6. The van der Waals surface area contributed by atoms with Gasteiger partial charge in [0.1, 0.15) is 4.90 Å². The normalized spacial score (nSPS) is 12.0. The van der Waals surface area contributed by atoms with Gasteiger partial charge in [0.25, 0.3) is 0 Å². The van der Waals surface area contributed by atoms with E-state index < -0.39 is 10.0 Å². The average molecular weight is 314 g/mol. The van der Waals surface area contributed by atoms with Crippen LogP contribution in [0.25, 0.3) is 0 Å². The van der Waals surface area contributed by atoms with Gasteiger partial charge >= 0.3 is 0 Å². The highest BCUT2D eigenvalue weighted by Crippen LogP contribution is 2.19. The maximum Gasteiger partial charge on any atom is 0.244 e. The van der Waals surface area contributed by atoms with Gasteiger partial charge in [0.05, 0.1) is 24.5 Å². The second-order valence-corrected chi connectivity index (χ2v) is 6.20. The monoisotopic (exact) mass is 314 g/mol. The standard InChI is InChI=1S/C11H18N6O3S/c1-8-11(9(2)17(15-8)5-4-12-3)21(18,19)14-6-10-13-7-20-16-10/h7,12,14H,4-6H2,1-3H3. The van der Waals surface area contributed by atoms with E-state index in [1.165, 1.54) is 0 Å². The predicted molar refractivity (Wildman–Crippen MR) is 74.0 cm³/mol. The van der Waals surface area contributed by atoms with Crippen molar-refractivity contribution in [2.24, 2.45) is 0 Å². The van der Waals surface area contributed by atoms with Gasteiger partial charge in [-0.1, -0.05) is 5.16 Å². The molecule has 0 saturated heterocycles. The Bertz CT molecular complexity index is 692. The molecule has 0 aliphatic carbocycles. The predicted octanol–water partition coefficient (Wildman–Crippen LogP) is -0.419. The van der Waals surface area contributed by atoms with Crippen LogP contribution in [0.1, 0.15) is 17.2 Å². The summed E-state index contributed by atoms with van der Waals surface area (Å²) in [6.45, 7) is 4.69. The van der Waals surface area contributed by atoms with Crippen molar-refractivity contribution in [3.63, 3.8) is 0 Å². The molecule has 0 bridgehead atoms. The van der Waals surface area contributed by atoms with E-state index in [0.717, 1.165) is 6.39 Å². The van der Waals surface area contributed by atoms with E-state index in [1.807, 2.05) is 7.05 Å². The molecule has 0 radical (unpaired) electrons. The highest BCUT2D eigenvalue weighted by molar-refractivity contribution is 7.89. The van der Waals surface area contributed by atoms with Crippen molar-refractivity contribution in [3.05, 3.63) is 23.6 Å². The summed E-state index contributed by atoms with van der Waals surface area (Å²) in [7, 11) is -1.85. The van der Waals surface area contributed by atoms with Crippen LogP contribution in [-0.4, -0.2) is 41.9 Å². The zero-order valence-electron chi connectivity index (χ0n) is 12.1. The summed E-state index contributed by atoms with van der Waals surface area (Å²) in [6.07, 6.45) is 1.15. The number of likely N-dealkylation sites (N-methyl/N-ethyl adjacent to an activating group) is 1. The minimum absolute atomic E-state index is 0.0284. The quantitative estimate of drug-likeness (QED) is 0.713. The third-order valence-electron chi connectivity index (χ3n) is 2.98. The van der Waals surface area contributed by atoms with E-state index >= 15 is 0 Å². The number of hydrogen-bond donors (Lipinski definition) is 2. The van der Waals surface area contributed by atoms with Crippen LogP contribution in [0.4, 0.5) is 0 Å². The minimum atomic E-state index is -3.68. The Morgan fingerprint density at radius 1 is 1.38 bits per heavy atom. The van der Waals surface area contributed by atoms with Gasteiger partial charge in [0, 0.05) is 6.54 Å². The van der Waals surface area contributed by atoms with E-state index in [9.17, 15) is 8.42 Å². The van der Waals surface area contributed by atoms with E-state index in [1.54, 1.807) is 18.5 Å². The van der Waals surface area contributed by atoms with Gasteiger partial charge in [-0.15, -0.1) is 0 Å². The maximum absolute atomic E-state index is 12.4. The maximum atomic E-state index is 12.4. The van der Waals surface area contributed by atoms with Gasteiger partial charge < -0.3 is 9.84 Å². The molecule has 0 fully saturated rings. The van der Waals surface area contributed by atoms with Crippen LogP contribution in [0.3, 0.4) is 0 Å². The molecule has 0 unspecified atom stereocenters. The first-order chi connectivity index (χ1) is 9.95. The van der Waals surface area contributed by atoms with Crippen molar-refractivity contribution in [2.75, 3.05) is 13.6 Å². The Labute approximate surface area is 122 Å². The number of sulfonamides is 1. The summed E-state index contributed by atoms with van der Waals surface area (Å²) >= 11 is 0. The van der Waals surface area contributed by atoms with Gasteiger partial charge in [-0.2, -0.15) is 10.1 Å². The number of nitrogens with zero attached hydrogens (tertiary/aromatic N) is 4. The molecule has 10 heteroatoms. The Morgan fingerprint density at radius 3 is 2.76 bits per heavy atom. The first-order valence-corrected chi connectivity index (χ1v) is 7.87. The van der Waals surface area contributed by atoms with Crippen LogP contribution in [0.15, 0.2) is 15.8 Å². The number of aryl methyl sites for hydroxylation is 1. The highest BCUT2D eigenvalue weighted by Gasteiger charge is 2.24. The third-order valence-corrected chi connectivity index (χ3v) is 4.64. The fourth-order valence-corrected chi connectivity index (χ4v) is 3.39. The molecule has 0 aromatic carbocycles. The fraction of sp³-hybridized carbons (Fsp3) is 0.545. The van der Waals surface area contributed by atoms with Crippen molar-refractivity contribution in [1.29, 1.82) is 0 Å². The van der Waals surface area contributed by atoms with Gasteiger partial charge in [-0.05, 0) is 20.9 Å². The lowest BCUT2D eigenvalue weighted by Crippen LogP contribution is -2.25. The number of rotatable bonds is 7. The number of hydrogen-bond acceptors (Lipinski definition) is 7. The highest BCUT2D eigenvalue weighted by atomic mass is 32.2. The zero-order chi connectivity index (χ0) is 15.5. The third kappa shape index (κ3) is 3.46. The molecule has 116 valence electrons. The molecular weight excluding hydrogens is 296 g/mol. The molecule has 2 aromatic rings. The van der Waals surface area contributed by atoms with Gasteiger partial charge in [0.15, 0.2) is 5.82 Å². The molecular formula is C11H18N6O3S. The van der Waals surface area contributed by atoms with Crippen LogP contribution < -0.4 is 10.0 Å². The van der Waals surface area contributed by atoms with Crippen LogP contribution in [0.2, 0.25) is 0 Å². The molecule has 0 aliphatic heterocycles. The molecule has 2 heterocycles. The number of nitrogens with one attached hydrogen (secondary N) is 2. The second-order valence-electron chi connectivity index (χ2n) is 4.50. The molecule has 0 aliphatic rings. The molecule has 0 saturated carbocycles. The van der Waals surface area contributed by atoms with Crippen molar-refractivity contribution in [2.45, 2.75) is 31.8 Å². The first-order valence-electron chi connectivity index (χ1n) is 6.39. The summed E-state index contributed by atoms with van der Waals surface area (Å²) < 4.78 is 33.5. The summed E-state index contributed by atoms with van der Waals surface area (Å²) in [5, 5.41) is 10.8. The molecule has 9 nitrogen and oxygen atoms in total. The Hall–Kier alpha value is -1.78. The van der Waals surface area contributed by atoms with Gasteiger partial charge in [-0.3, -0.25) is 4.68 Å². The van der Waals surface area contributed by atoms with Crippen molar-refractivity contribution in [1.82, 2.24) is 30.0 Å².